The maximum Gasteiger partial charge on any atom is 0.408 e. The van der Waals surface area contributed by atoms with Gasteiger partial charge in [0.25, 0.3) is 0 Å². The number of Topliss-reactive ketones (excluding diaryl/α,β-unsaturated/α-hetero) is 2. The van der Waals surface area contributed by atoms with Crippen molar-refractivity contribution in [3.05, 3.63) is 35.9 Å². The van der Waals surface area contributed by atoms with Gasteiger partial charge in [0.15, 0.2) is 5.78 Å². The molecule has 0 aromatic heterocycles. The van der Waals surface area contributed by atoms with Crippen molar-refractivity contribution in [2.45, 2.75) is 129 Å². The average Bonchev–Trinajstić information content (AvgIpc) is 3.39. The van der Waals surface area contributed by atoms with E-state index in [1.54, 1.807) is 71.9 Å². The van der Waals surface area contributed by atoms with Gasteiger partial charge in [-0.1, -0.05) is 51.1 Å². The van der Waals surface area contributed by atoms with Crippen molar-refractivity contribution in [3.63, 3.8) is 0 Å². The number of hydrogen-bond acceptors (Lipinski definition) is 15. The Morgan fingerprint density at radius 2 is 1.69 bits per heavy atom. The third-order valence-corrected chi connectivity index (χ3v) is 12.7. The Morgan fingerprint density at radius 3 is 2.27 bits per heavy atom. The maximum absolute atomic E-state index is 14.4. The summed E-state index contributed by atoms with van der Waals surface area (Å²) in [5.74, 6) is -6.55. The summed E-state index contributed by atoms with van der Waals surface area (Å²) in [6, 6.07) is 6.77. The maximum atomic E-state index is 14.4. The lowest BCUT2D eigenvalue weighted by Gasteiger charge is -2.62. The van der Waals surface area contributed by atoms with E-state index in [0.29, 0.717) is 5.56 Å². The number of ketones is 2. The summed E-state index contributed by atoms with van der Waals surface area (Å²) in [6.45, 7) is 11.2. The van der Waals surface area contributed by atoms with Gasteiger partial charge in [0.1, 0.15) is 29.5 Å². The summed E-state index contributed by atoms with van der Waals surface area (Å²) in [5, 5.41) is 39.9. The fourth-order valence-electron chi connectivity index (χ4n) is 9.53. The quantitative estimate of drug-likeness (QED) is 0.142. The summed E-state index contributed by atoms with van der Waals surface area (Å²) in [7, 11) is 0. The predicted molar refractivity (Wildman–Crippen MR) is 190 cm³/mol. The van der Waals surface area contributed by atoms with Crippen LogP contribution in [-0.4, -0.2) is 112 Å². The summed E-state index contributed by atoms with van der Waals surface area (Å²) >= 11 is 0. The molecule has 5 rings (SSSR count). The number of aliphatic hydroxyl groups is 3. The number of nitrogens with two attached hydrogens (primary N) is 1. The molecule has 3 saturated carbocycles. The molecule has 1 heterocycles. The normalized spacial score (nSPS) is 36.5. The standard InChI is InChI=1S/C39H54N2O14/c1-19-22-14-23(43)30(46)37(8)26(44)15-24-31(52-20(2)42)38(37,18-51-24)33(48)39(50,36(22,6)7)16-25(19)53-32(47)29(54-27(45)17-40)28(21-12-10-9-11-13-21)41-34(49)55-35(3,4)5/h9-13,19,22,24-26,28-29,31,33,44,48,50H,14-18,40H2,1-8H3,(H,41,49). The lowest BCUT2D eigenvalue weighted by atomic mass is 9.45. The van der Waals surface area contributed by atoms with Crippen molar-refractivity contribution in [2.75, 3.05) is 13.2 Å². The van der Waals surface area contributed by atoms with E-state index in [1.807, 2.05) is 0 Å². The lowest BCUT2D eigenvalue weighted by Crippen LogP contribution is -2.75. The minimum Gasteiger partial charge on any atom is -0.459 e. The number of benzene rings is 1. The molecule has 4 bridgehead atoms. The number of carbonyl (C=O) groups is 6. The summed E-state index contributed by atoms with van der Waals surface area (Å²) in [5.41, 5.74) is -2.83. The molecular weight excluding hydrogens is 720 g/mol. The molecule has 12 unspecified atom stereocenters. The van der Waals surface area contributed by atoms with E-state index in [9.17, 15) is 44.1 Å². The summed E-state index contributed by atoms with van der Waals surface area (Å²) in [6.07, 6.45) is -11.1. The van der Waals surface area contributed by atoms with Crippen LogP contribution in [0, 0.1) is 28.1 Å². The van der Waals surface area contributed by atoms with E-state index in [4.69, 9.17) is 29.4 Å². The van der Waals surface area contributed by atoms with Gasteiger partial charge in [0.05, 0.1) is 42.3 Å². The molecule has 16 nitrogen and oxygen atoms in total. The number of ether oxygens (including phenoxy) is 5. The van der Waals surface area contributed by atoms with Crippen molar-refractivity contribution in [2.24, 2.45) is 33.8 Å². The Bertz CT molecular complexity index is 1690. The van der Waals surface area contributed by atoms with Gasteiger partial charge in [-0.25, -0.2) is 9.59 Å². The number of carbonyl (C=O) groups excluding carboxylic acids is 6. The second kappa shape index (κ2) is 14.8. The molecule has 1 aliphatic heterocycles. The van der Waals surface area contributed by atoms with E-state index in [2.05, 4.69) is 5.32 Å². The zero-order valence-electron chi connectivity index (χ0n) is 32.5. The molecule has 304 valence electrons. The number of fused-ring (bicyclic) bond motifs is 3. The number of esters is 3. The molecule has 55 heavy (non-hydrogen) atoms. The number of aliphatic hydroxyl groups excluding tert-OH is 2. The highest BCUT2D eigenvalue weighted by Gasteiger charge is 2.79. The Labute approximate surface area is 319 Å². The van der Waals surface area contributed by atoms with E-state index >= 15 is 0 Å². The zero-order valence-corrected chi connectivity index (χ0v) is 32.5. The van der Waals surface area contributed by atoms with Gasteiger partial charge in [-0.2, -0.15) is 0 Å². The monoisotopic (exact) mass is 774 g/mol. The highest BCUT2D eigenvalue weighted by molar-refractivity contribution is 6.39. The fraction of sp³-hybridized carbons (Fsp3) is 0.692. The van der Waals surface area contributed by atoms with Gasteiger partial charge in [0, 0.05) is 26.2 Å². The highest BCUT2D eigenvalue weighted by atomic mass is 16.6. The van der Waals surface area contributed by atoms with E-state index in [0.717, 1.165) is 6.92 Å². The van der Waals surface area contributed by atoms with E-state index in [-0.39, 0.29) is 6.42 Å². The van der Waals surface area contributed by atoms with E-state index < -0.39 is 144 Å². The first kappa shape index (κ1) is 42.2. The van der Waals surface area contributed by atoms with Crippen molar-refractivity contribution in [1.82, 2.24) is 5.32 Å². The molecule has 1 spiro atoms. The predicted octanol–water partition coefficient (Wildman–Crippen LogP) is 1.44. The molecule has 16 heteroatoms. The number of rotatable bonds is 8. The van der Waals surface area contributed by atoms with Crippen LogP contribution in [0.1, 0.15) is 86.3 Å². The first-order chi connectivity index (χ1) is 25.5. The number of alkyl carbamates (subject to hydrolysis) is 1. The van der Waals surface area contributed by atoms with Crippen LogP contribution in [0.3, 0.4) is 0 Å². The summed E-state index contributed by atoms with van der Waals surface area (Å²) in [4.78, 5) is 81.2. The van der Waals surface area contributed by atoms with Gasteiger partial charge in [-0.05, 0) is 50.5 Å². The minimum atomic E-state index is -2.30. The molecule has 1 saturated heterocycles. The molecule has 1 aromatic rings. The van der Waals surface area contributed by atoms with Gasteiger partial charge in [-0.15, -0.1) is 0 Å². The largest absolute Gasteiger partial charge is 0.459 e. The smallest absolute Gasteiger partial charge is 0.408 e. The van der Waals surface area contributed by atoms with Crippen LogP contribution in [0.25, 0.3) is 0 Å². The summed E-state index contributed by atoms with van der Waals surface area (Å²) < 4.78 is 28.8. The second-order valence-corrected chi connectivity index (χ2v) is 17.2. The Kier molecular flexibility index (Phi) is 11.4. The van der Waals surface area contributed by atoms with Crippen molar-refractivity contribution in [3.8, 4) is 0 Å². The van der Waals surface area contributed by atoms with Crippen LogP contribution in [0.2, 0.25) is 0 Å². The van der Waals surface area contributed by atoms with Crippen LogP contribution in [0.5, 0.6) is 0 Å². The van der Waals surface area contributed by atoms with E-state index in [1.165, 1.54) is 6.92 Å². The number of hydrogen-bond donors (Lipinski definition) is 5. The molecular formula is C39H54N2O14. The van der Waals surface area contributed by atoms with Gasteiger partial charge in [0.2, 0.25) is 11.9 Å². The zero-order chi connectivity index (χ0) is 41.1. The molecule has 4 fully saturated rings. The van der Waals surface area contributed by atoms with Crippen LogP contribution < -0.4 is 11.1 Å². The van der Waals surface area contributed by atoms with Gasteiger partial charge >= 0.3 is 24.0 Å². The molecule has 0 radical (unpaired) electrons. The van der Waals surface area contributed by atoms with Crippen LogP contribution in [0.4, 0.5) is 4.79 Å². The molecule has 3 aliphatic carbocycles. The third-order valence-electron chi connectivity index (χ3n) is 12.7. The van der Waals surface area contributed by atoms with Crippen molar-refractivity contribution < 1.29 is 67.8 Å². The highest BCUT2D eigenvalue weighted by Crippen LogP contribution is 2.66. The van der Waals surface area contributed by atoms with Crippen LogP contribution in [0.15, 0.2) is 30.3 Å². The van der Waals surface area contributed by atoms with Gasteiger partial charge < -0.3 is 50.1 Å². The lowest BCUT2D eigenvalue weighted by molar-refractivity contribution is -0.284. The fourth-order valence-corrected chi connectivity index (χ4v) is 9.53. The Balaban J connectivity index is 1.61. The second-order valence-electron chi connectivity index (χ2n) is 17.2. The minimum absolute atomic E-state index is 0.188. The van der Waals surface area contributed by atoms with Crippen LogP contribution in [-0.2, 0) is 47.7 Å². The van der Waals surface area contributed by atoms with Crippen LogP contribution >= 0.6 is 0 Å². The SMILES string of the molecule is CC(=O)OC1C2CC(O)C3(C)C(=O)C(=O)CC4C(C)C(OC(=O)C(OC(=O)CN)C(NC(=O)OC(C)(C)C)c5ccccc5)CC(O)(C(O)C13CO2)C4(C)C. The molecule has 6 N–H and O–H groups in total. The first-order valence-electron chi connectivity index (χ1n) is 18.6. The molecule has 1 aromatic carbocycles. The topological polar surface area (TPSA) is 247 Å². The Hall–Kier alpha value is -3.96. The van der Waals surface area contributed by atoms with Crippen molar-refractivity contribution >= 4 is 35.6 Å². The average molecular weight is 775 g/mol. The van der Waals surface area contributed by atoms with Gasteiger partial charge in [-0.3, -0.25) is 19.2 Å². The first-order valence-corrected chi connectivity index (χ1v) is 18.6. The Morgan fingerprint density at radius 1 is 1.05 bits per heavy atom. The third kappa shape index (κ3) is 7.04. The number of amides is 1. The molecule has 1 amide bonds. The molecule has 4 aliphatic rings. The number of nitrogens with one attached hydrogen (secondary N) is 1. The van der Waals surface area contributed by atoms with Crippen molar-refractivity contribution in [1.29, 1.82) is 0 Å². The molecule has 12 atom stereocenters.